The molecule has 0 radical (unpaired) electrons. The van der Waals surface area contributed by atoms with Crippen molar-refractivity contribution in [3.8, 4) is 0 Å². The monoisotopic (exact) mass is 259 g/mol. The lowest BCUT2D eigenvalue weighted by molar-refractivity contribution is 0.184. The summed E-state index contributed by atoms with van der Waals surface area (Å²) < 4.78 is 0. The van der Waals surface area contributed by atoms with E-state index in [0.717, 1.165) is 0 Å². The summed E-state index contributed by atoms with van der Waals surface area (Å²) in [6.07, 6.45) is 10.7. The molecule has 0 aliphatic carbocycles. The van der Waals surface area contributed by atoms with E-state index in [1.807, 2.05) is 12.4 Å². The standard InChI is InChI=1S/C16H25N3/c1-18-11-2-5-16(6-12-18)7-13-19(14-8-16)15-3-9-17-10-4-15/h3-4,9-10H,2,5-8,11-14H2,1H3. The minimum absolute atomic E-state index is 0.633. The van der Waals surface area contributed by atoms with Gasteiger partial charge in [-0.3, -0.25) is 4.98 Å². The van der Waals surface area contributed by atoms with Crippen LogP contribution in [0.2, 0.25) is 0 Å². The molecule has 0 aromatic carbocycles. The number of piperidine rings is 1. The summed E-state index contributed by atoms with van der Waals surface area (Å²) in [5, 5.41) is 0. The fraction of sp³-hybridized carbons (Fsp3) is 0.688. The molecule has 3 rings (SSSR count). The van der Waals surface area contributed by atoms with Gasteiger partial charge in [-0.1, -0.05) is 0 Å². The summed E-state index contributed by atoms with van der Waals surface area (Å²) in [7, 11) is 2.27. The number of nitrogens with zero attached hydrogens (tertiary/aromatic N) is 3. The maximum atomic E-state index is 4.11. The second kappa shape index (κ2) is 5.49. The van der Waals surface area contributed by atoms with Crippen LogP contribution in [-0.2, 0) is 0 Å². The molecule has 2 fully saturated rings. The predicted molar refractivity (Wildman–Crippen MR) is 79.5 cm³/mol. The molecule has 104 valence electrons. The molecule has 1 spiro atoms. The van der Waals surface area contributed by atoms with E-state index in [1.54, 1.807) is 0 Å². The van der Waals surface area contributed by atoms with Gasteiger partial charge in [0.25, 0.3) is 0 Å². The highest BCUT2D eigenvalue weighted by Gasteiger charge is 2.35. The highest BCUT2D eigenvalue weighted by Crippen LogP contribution is 2.41. The predicted octanol–water partition coefficient (Wildman–Crippen LogP) is 2.78. The fourth-order valence-electron chi connectivity index (χ4n) is 3.68. The van der Waals surface area contributed by atoms with Gasteiger partial charge in [-0.25, -0.2) is 0 Å². The van der Waals surface area contributed by atoms with Gasteiger partial charge in [-0.05, 0) is 69.8 Å². The second-order valence-corrected chi connectivity index (χ2v) is 6.35. The summed E-state index contributed by atoms with van der Waals surface area (Å²) in [6.45, 7) is 5.01. The van der Waals surface area contributed by atoms with Crippen molar-refractivity contribution < 1.29 is 0 Å². The highest BCUT2D eigenvalue weighted by molar-refractivity contribution is 5.45. The van der Waals surface area contributed by atoms with Crippen molar-refractivity contribution in [2.45, 2.75) is 32.1 Å². The van der Waals surface area contributed by atoms with Crippen LogP contribution in [0, 0.1) is 5.41 Å². The van der Waals surface area contributed by atoms with Crippen LogP contribution in [-0.4, -0.2) is 43.1 Å². The molecule has 1 aromatic rings. The Morgan fingerprint density at radius 2 is 1.63 bits per heavy atom. The molecule has 2 saturated heterocycles. The van der Waals surface area contributed by atoms with Crippen molar-refractivity contribution in [2.75, 3.05) is 38.1 Å². The highest BCUT2D eigenvalue weighted by atomic mass is 15.1. The molecule has 0 saturated carbocycles. The van der Waals surface area contributed by atoms with E-state index in [0.29, 0.717) is 5.41 Å². The summed E-state index contributed by atoms with van der Waals surface area (Å²) in [4.78, 5) is 9.15. The maximum absolute atomic E-state index is 4.11. The van der Waals surface area contributed by atoms with Gasteiger partial charge >= 0.3 is 0 Å². The van der Waals surface area contributed by atoms with Gasteiger partial charge in [0.15, 0.2) is 0 Å². The molecule has 19 heavy (non-hydrogen) atoms. The normalized spacial score (nSPS) is 24.4. The van der Waals surface area contributed by atoms with Crippen LogP contribution in [0.15, 0.2) is 24.5 Å². The Morgan fingerprint density at radius 1 is 0.947 bits per heavy atom. The van der Waals surface area contributed by atoms with E-state index in [2.05, 4.69) is 34.0 Å². The smallest absolute Gasteiger partial charge is 0.0397 e. The summed E-state index contributed by atoms with van der Waals surface area (Å²) in [6, 6.07) is 4.28. The first-order chi connectivity index (χ1) is 9.27. The second-order valence-electron chi connectivity index (χ2n) is 6.35. The minimum atomic E-state index is 0.633. The molecule has 0 amide bonds. The van der Waals surface area contributed by atoms with Gasteiger partial charge in [0, 0.05) is 31.2 Å². The van der Waals surface area contributed by atoms with Crippen LogP contribution in [0.3, 0.4) is 0 Å². The molecular formula is C16H25N3. The average molecular weight is 259 g/mol. The molecule has 2 aliphatic heterocycles. The first-order valence-electron chi connectivity index (χ1n) is 7.61. The number of hydrogen-bond acceptors (Lipinski definition) is 3. The van der Waals surface area contributed by atoms with Gasteiger partial charge in [-0.2, -0.15) is 0 Å². The van der Waals surface area contributed by atoms with Crippen molar-refractivity contribution in [1.82, 2.24) is 9.88 Å². The van der Waals surface area contributed by atoms with Crippen LogP contribution in [0.5, 0.6) is 0 Å². The van der Waals surface area contributed by atoms with Crippen molar-refractivity contribution >= 4 is 5.69 Å². The number of anilines is 1. The number of rotatable bonds is 1. The van der Waals surface area contributed by atoms with Crippen molar-refractivity contribution in [2.24, 2.45) is 5.41 Å². The summed E-state index contributed by atoms with van der Waals surface area (Å²) in [5.41, 5.74) is 1.98. The van der Waals surface area contributed by atoms with Crippen molar-refractivity contribution in [3.63, 3.8) is 0 Å². The zero-order valence-corrected chi connectivity index (χ0v) is 12.0. The zero-order chi connectivity index (χ0) is 13.1. The fourth-order valence-corrected chi connectivity index (χ4v) is 3.68. The first kappa shape index (κ1) is 12.9. The topological polar surface area (TPSA) is 19.4 Å². The Balaban J connectivity index is 1.62. The first-order valence-corrected chi connectivity index (χ1v) is 7.61. The zero-order valence-electron chi connectivity index (χ0n) is 12.0. The van der Waals surface area contributed by atoms with Crippen LogP contribution in [0.25, 0.3) is 0 Å². The van der Waals surface area contributed by atoms with Crippen LogP contribution < -0.4 is 4.90 Å². The van der Waals surface area contributed by atoms with Crippen molar-refractivity contribution in [3.05, 3.63) is 24.5 Å². The molecular weight excluding hydrogens is 234 g/mol. The Hall–Kier alpha value is -1.09. The molecule has 0 atom stereocenters. The van der Waals surface area contributed by atoms with E-state index in [-0.39, 0.29) is 0 Å². The van der Waals surface area contributed by atoms with Crippen molar-refractivity contribution in [1.29, 1.82) is 0 Å². The van der Waals surface area contributed by atoms with Gasteiger partial charge < -0.3 is 9.80 Å². The van der Waals surface area contributed by atoms with Gasteiger partial charge in [0.05, 0.1) is 0 Å². The molecule has 2 aliphatic rings. The molecule has 0 bridgehead atoms. The van der Waals surface area contributed by atoms with Gasteiger partial charge in [0.1, 0.15) is 0 Å². The van der Waals surface area contributed by atoms with E-state index in [4.69, 9.17) is 0 Å². The number of aromatic nitrogens is 1. The Bertz CT molecular complexity index is 396. The lowest BCUT2D eigenvalue weighted by Crippen LogP contribution is -2.40. The Kier molecular flexibility index (Phi) is 3.74. The lowest BCUT2D eigenvalue weighted by Gasteiger charge is -2.42. The van der Waals surface area contributed by atoms with E-state index >= 15 is 0 Å². The quantitative estimate of drug-likeness (QED) is 0.773. The molecule has 3 nitrogen and oxygen atoms in total. The molecule has 3 heterocycles. The molecule has 0 unspecified atom stereocenters. The van der Waals surface area contributed by atoms with E-state index in [1.165, 1.54) is 64.0 Å². The van der Waals surface area contributed by atoms with Gasteiger partial charge in [-0.15, -0.1) is 0 Å². The Labute approximate surface area is 116 Å². The molecule has 1 aromatic heterocycles. The SMILES string of the molecule is CN1CCCC2(CC1)CCN(c1ccncc1)CC2. The van der Waals surface area contributed by atoms with Gasteiger partial charge in [0.2, 0.25) is 0 Å². The van der Waals surface area contributed by atoms with E-state index in [9.17, 15) is 0 Å². The summed E-state index contributed by atoms with van der Waals surface area (Å²) in [5.74, 6) is 0. The third-order valence-corrected chi connectivity index (χ3v) is 5.12. The average Bonchev–Trinajstić information content (AvgIpc) is 2.64. The largest absolute Gasteiger partial charge is 0.371 e. The minimum Gasteiger partial charge on any atom is -0.371 e. The lowest BCUT2D eigenvalue weighted by atomic mass is 9.73. The third-order valence-electron chi connectivity index (χ3n) is 5.12. The molecule has 3 heteroatoms. The van der Waals surface area contributed by atoms with Crippen LogP contribution >= 0.6 is 0 Å². The number of hydrogen-bond donors (Lipinski definition) is 0. The number of likely N-dealkylation sites (tertiary alicyclic amines) is 1. The van der Waals surface area contributed by atoms with Crippen LogP contribution in [0.1, 0.15) is 32.1 Å². The molecule has 0 N–H and O–H groups in total. The third kappa shape index (κ3) is 2.92. The maximum Gasteiger partial charge on any atom is 0.0397 e. The Morgan fingerprint density at radius 3 is 2.37 bits per heavy atom. The number of pyridine rings is 1. The van der Waals surface area contributed by atoms with E-state index < -0.39 is 0 Å². The summed E-state index contributed by atoms with van der Waals surface area (Å²) >= 11 is 0. The van der Waals surface area contributed by atoms with Crippen LogP contribution in [0.4, 0.5) is 5.69 Å².